The Bertz CT molecular complexity index is 371. The average molecular weight is 273 g/mol. The lowest BCUT2D eigenvalue weighted by Crippen LogP contribution is -2.30. The molecule has 82 valence electrons. The molecule has 5 heteroatoms. The molecular formula is C10H13BrN2O2. The van der Waals surface area contributed by atoms with Gasteiger partial charge < -0.3 is 9.84 Å². The Kier molecular flexibility index (Phi) is 2.82. The van der Waals surface area contributed by atoms with Crippen molar-refractivity contribution in [2.45, 2.75) is 19.8 Å². The summed E-state index contributed by atoms with van der Waals surface area (Å²) in [6.45, 7) is 2.50. The van der Waals surface area contributed by atoms with E-state index in [1.165, 1.54) is 12.8 Å². The number of nitrogens with zero attached hydrogens (tertiary/aromatic N) is 1. The predicted octanol–water partition coefficient (Wildman–Crippen LogP) is 1.89. The van der Waals surface area contributed by atoms with Gasteiger partial charge >= 0.3 is 0 Å². The van der Waals surface area contributed by atoms with Crippen LogP contribution in [-0.4, -0.2) is 22.9 Å². The third-order valence-electron chi connectivity index (χ3n) is 2.72. The maximum absolute atomic E-state index is 11.6. The second-order valence-electron chi connectivity index (χ2n) is 4.15. The Labute approximate surface area is 96.5 Å². The highest BCUT2D eigenvalue weighted by Gasteiger charge is 2.41. The fourth-order valence-corrected chi connectivity index (χ4v) is 2.12. The van der Waals surface area contributed by atoms with Gasteiger partial charge in [-0.15, -0.1) is 0 Å². The normalized spacial score (nSPS) is 17.5. The van der Waals surface area contributed by atoms with Crippen molar-refractivity contribution in [1.29, 1.82) is 0 Å². The Morgan fingerprint density at radius 3 is 2.93 bits per heavy atom. The van der Waals surface area contributed by atoms with Crippen LogP contribution in [0.15, 0.2) is 10.6 Å². The topological polar surface area (TPSA) is 55.1 Å². The first-order chi connectivity index (χ1) is 7.15. The highest BCUT2D eigenvalue weighted by Crippen LogP contribution is 2.46. The molecule has 4 nitrogen and oxygen atoms in total. The van der Waals surface area contributed by atoms with Gasteiger partial charge in [0.05, 0.1) is 5.69 Å². The van der Waals surface area contributed by atoms with Gasteiger partial charge in [0.1, 0.15) is 0 Å². The van der Waals surface area contributed by atoms with Crippen molar-refractivity contribution in [3.05, 3.63) is 17.5 Å². The number of rotatable bonds is 4. The average Bonchev–Trinajstić information content (AvgIpc) is 2.90. The molecule has 2 rings (SSSR count). The van der Waals surface area contributed by atoms with Gasteiger partial charge in [-0.05, 0) is 25.2 Å². The quantitative estimate of drug-likeness (QED) is 0.852. The molecule has 1 aliphatic rings. The van der Waals surface area contributed by atoms with Crippen LogP contribution in [0.2, 0.25) is 0 Å². The molecule has 1 aliphatic carbocycles. The maximum atomic E-state index is 11.6. The number of halogens is 1. The number of amides is 1. The van der Waals surface area contributed by atoms with Gasteiger partial charge in [0.25, 0.3) is 5.91 Å². The molecule has 1 heterocycles. The summed E-state index contributed by atoms with van der Waals surface area (Å²) < 4.78 is 4.87. The molecule has 0 unspecified atom stereocenters. The molecule has 1 aromatic heterocycles. The van der Waals surface area contributed by atoms with Crippen LogP contribution in [0.5, 0.6) is 0 Å². The molecular weight excluding hydrogens is 260 g/mol. The van der Waals surface area contributed by atoms with E-state index in [-0.39, 0.29) is 17.1 Å². The number of carbonyl (C=O) groups excluding carboxylic acids is 1. The van der Waals surface area contributed by atoms with E-state index in [9.17, 15) is 4.79 Å². The van der Waals surface area contributed by atoms with Gasteiger partial charge in [0, 0.05) is 17.9 Å². The number of carbonyl (C=O) groups is 1. The van der Waals surface area contributed by atoms with Crippen LogP contribution in [0, 0.1) is 12.3 Å². The molecule has 1 fully saturated rings. The van der Waals surface area contributed by atoms with Gasteiger partial charge in [-0.25, -0.2) is 0 Å². The van der Waals surface area contributed by atoms with E-state index < -0.39 is 0 Å². The van der Waals surface area contributed by atoms with Gasteiger partial charge in [0.2, 0.25) is 5.76 Å². The first-order valence-electron chi connectivity index (χ1n) is 4.93. The second-order valence-corrected chi connectivity index (χ2v) is 4.71. The van der Waals surface area contributed by atoms with Gasteiger partial charge in [0.15, 0.2) is 0 Å². The van der Waals surface area contributed by atoms with E-state index in [1.54, 1.807) is 13.0 Å². The van der Waals surface area contributed by atoms with Gasteiger partial charge in [-0.3, -0.25) is 4.79 Å². The summed E-state index contributed by atoms with van der Waals surface area (Å²) in [6.07, 6.45) is 2.35. The molecule has 1 amide bonds. The van der Waals surface area contributed by atoms with Crippen LogP contribution in [-0.2, 0) is 0 Å². The minimum absolute atomic E-state index is 0.178. The standard InChI is InChI=1S/C10H13BrN2O2/c1-7-4-8(15-13-7)9(14)12-6-10(5-11)2-3-10/h4H,2-3,5-6H2,1H3,(H,12,14). The largest absolute Gasteiger partial charge is 0.351 e. The Hall–Kier alpha value is -0.840. The van der Waals surface area contributed by atoms with E-state index in [1.807, 2.05) is 0 Å². The lowest BCUT2D eigenvalue weighted by Gasteiger charge is -2.10. The van der Waals surface area contributed by atoms with Crippen LogP contribution in [0.1, 0.15) is 29.1 Å². The maximum Gasteiger partial charge on any atom is 0.289 e. The summed E-state index contributed by atoms with van der Waals surface area (Å²) in [6, 6.07) is 1.64. The zero-order chi connectivity index (χ0) is 10.9. The molecule has 0 radical (unpaired) electrons. The third-order valence-corrected chi connectivity index (χ3v) is 3.91. The number of hydrogen-bond acceptors (Lipinski definition) is 3. The first kappa shape index (κ1) is 10.7. The van der Waals surface area contributed by atoms with Crippen LogP contribution in [0.3, 0.4) is 0 Å². The highest BCUT2D eigenvalue weighted by molar-refractivity contribution is 9.09. The van der Waals surface area contributed by atoms with Gasteiger partial charge in [-0.1, -0.05) is 21.1 Å². The van der Waals surface area contributed by atoms with Crippen molar-refractivity contribution < 1.29 is 9.32 Å². The molecule has 0 atom stereocenters. The highest BCUT2D eigenvalue weighted by atomic mass is 79.9. The zero-order valence-corrected chi connectivity index (χ0v) is 10.1. The summed E-state index contributed by atoms with van der Waals surface area (Å²) in [7, 11) is 0. The lowest BCUT2D eigenvalue weighted by atomic mass is 10.1. The number of nitrogens with one attached hydrogen (secondary N) is 1. The van der Waals surface area contributed by atoms with Crippen LogP contribution < -0.4 is 5.32 Å². The van der Waals surface area contributed by atoms with E-state index in [2.05, 4.69) is 26.4 Å². The Balaban J connectivity index is 1.88. The summed E-state index contributed by atoms with van der Waals surface area (Å²) in [5.41, 5.74) is 1.01. The molecule has 1 saturated carbocycles. The number of aromatic nitrogens is 1. The smallest absolute Gasteiger partial charge is 0.289 e. The summed E-state index contributed by atoms with van der Waals surface area (Å²) >= 11 is 3.46. The lowest BCUT2D eigenvalue weighted by molar-refractivity contribution is 0.0909. The minimum atomic E-state index is -0.178. The van der Waals surface area contributed by atoms with Crippen LogP contribution in [0.4, 0.5) is 0 Å². The molecule has 1 aromatic rings. The summed E-state index contributed by atoms with van der Waals surface area (Å²) in [5.74, 6) is 0.112. The van der Waals surface area contributed by atoms with Crippen molar-refractivity contribution in [2.24, 2.45) is 5.41 Å². The Morgan fingerprint density at radius 2 is 2.47 bits per heavy atom. The van der Waals surface area contributed by atoms with Crippen molar-refractivity contribution in [3.63, 3.8) is 0 Å². The van der Waals surface area contributed by atoms with Crippen molar-refractivity contribution in [2.75, 3.05) is 11.9 Å². The van der Waals surface area contributed by atoms with Crippen LogP contribution in [0.25, 0.3) is 0 Å². The molecule has 0 spiro atoms. The van der Waals surface area contributed by atoms with Crippen LogP contribution >= 0.6 is 15.9 Å². The Morgan fingerprint density at radius 1 is 1.73 bits per heavy atom. The number of hydrogen-bond donors (Lipinski definition) is 1. The fourth-order valence-electron chi connectivity index (χ4n) is 1.36. The van der Waals surface area contributed by atoms with E-state index in [4.69, 9.17) is 4.52 Å². The molecule has 0 bridgehead atoms. The predicted molar refractivity (Wildman–Crippen MR) is 59.0 cm³/mol. The molecule has 15 heavy (non-hydrogen) atoms. The first-order valence-corrected chi connectivity index (χ1v) is 6.05. The van der Waals surface area contributed by atoms with Crippen molar-refractivity contribution in [3.8, 4) is 0 Å². The summed E-state index contributed by atoms with van der Waals surface area (Å²) in [5, 5.41) is 7.48. The van der Waals surface area contributed by atoms with Crippen molar-refractivity contribution in [1.82, 2.24) is 10.5 Å². The molecule has 0 aliphatic heterocycles. The SMILES string of the molecule is Cc1cc(C(=O)NCC2(CBr)CC2)on1. The molecule has 1 N–H and O–H groups in total. The van der Waals surface area contributed by atoms with E-state index >= 15 is 0 Å². The van der Waals surface area contributed by atoms with Gasteiger partial charge in [-0.2, -0.15) is 0 Å². The monoisotopic (exact) mass is 272 g/mol. The van der Waals surface area contributed by atoms with E-state index in [0.29, 0.717) is 6.54 Å². The van der Waals surface area contributed by atoms with Crippen molar-refractivity contribution >= 4 is 21.8 Å². The summed E-state index contributed by atoms with van der Waals surface area (Å²) in [4.78, 5) is 11.6. The zero-order valence-electron chi connectivity index (χ0n) is 8.55. The number of aryl methyl sites for hydroxylation is 1. The second kappa shape index (κ2) is 3.96. The number of alkyl halides is 1. The molecule has 0 saturated heterocycles. The third kappa shape index (κ3) is 2.40. The van der Waals surface area contributed by atoms with E-state index in [0.717, 1.165) is 11.0 Å². The minimum Gasteiger partial charge on any atom is -0.351 e. The molecule has 0 aromatic carbocycles. The fraction of sp³-hybridized carbons (Fsp3) is 0.600.